The molecule has 0 spiro atoms. The van der Waals surface area contributed by atoms with Gasteiger partial charge in [-0.1, -0.05) is 30.3 Å². The predicted molar refractivity (Wildman–Crippen MR) is 99.1 cm³/mol. The third-order valence-corrected chi connectivity index (χ3v) is 6.67. The second-order valence-corrected chi connectivity index (χ2v) is 8.13. The molecule has 0 N–H and O–H groups in total. The number of hydrogen-bond acceptors (Lipinski definition) is 2. The van der Waals surface area contributed by atoms with Gasteiger partial charge in [0.05, 0.1) is 6.10 Å². The topological polar surface area (TPSA) is 36.1 Å². The molecule has 0 amide bonds. The first-order valence-corrected chi connectivity index (χ1v) is 9.94. The monoisotopic (exact) mass is 342 g/mol. The quantitative estimate of drug-likeness (QED) is 0.601. The average Bonchev–Trinajstić information content (AvgIpc) is 3.38. The van der Waals surface area contributed by atoms with Crippen molar-refractivity contribution in [2.24, 2.45) is 0 Å². The average molecular weight is 342 g/mol. The zero-order valence-corrected chi connectivity index (χ0v) is 14.9. The number of benzene rings is 2. The van der Waals surface area contributed by atoms with E-state index in [1.54, 1.807) is 0 Å². The second-order valence-electron chi connectivity index (χ2n) is 6.48. The van der Waals surface area contributed by atoms with E-state index in [0.29, 0.717) is 6.10 Å². The van der Waals surface area contributed by atoms with Gasteiger partial charge in [-0.05, 0) is 49.6 Å². The fourth-order valence-electron chi connectivity index (χ4n) is 3.34. The van der Waals surface area contributed by atoms with Crippen LogP contribution in [0.4, 0.5) is 11.4 Å². The Hall–Kier alpha value is -1.77. The normalized spacial score (nSPS) is 27.0. The Morgan fingerprint density at radius 1 is 0.917 bits per heavy atom. The van der Waals surface area contributed by atoms with Gasteiger partial charge in [0.2, 0.25) is 0 Å². The summed E-state index contributed by atoms with van der Waals surface area (Å²) >= 11 is 0. The molecule has 2 saturated heterocycles. The lowest BCUT2D eigenvalue weighted by Crippen LogP contribution is -2.22. The molecular formula is C19H23N2O2P. The number of ether oxygens (including phenoxy) is 1. The van der Waals surface area contributed by atoms with Crippen LogP contribution in [0.1, 0.15) is 31.4 Å². The Balaban J connectivity index is 1.58. The molecule has 1 unspecified atom stereocenters. The van der Waals surface area contributed by atoms with Crippen molar-refractivity contribution < 1.29 is 9.30 Å². The van der Waals surface area contributed by atoms with Crippen molar-refractivity contribution in [3.63, 3.8) is 0 Å². The van der Waals surface area contributed by atoms with E-state index in [-0.39, 0.29) is 6.10 Å². The van der Waals surface area contributed by atoms with Crippen LogP contribution in [0, 0.1) is 0 Å². The smallest absolute Gasteiger partial charge is 0.251 e. The van der Waals surface area contributed by atoms with Crippen molar-refractivity contribution in [1.82, 2.24) is 0 Å². The number of rotatable bonds is 3. The largest absolute Gasteiger partial charge is 0.365 e. The van der Waals surface area contributed by atoms with Crippen LogP contribution in [-0.4, -0.2) is 19.2 Å². The SMILES string of the molecule is C[C@H]1O[C@H]1c1ccc(N2CCCCN(c3ccccc3)[PH]2=O)cc1. The van der Waals surface area contributed by atoms with Crippen molar-refractivity contribution in [2.75, 3.05) is 22.4 Å². The van der Waals surface area contributed by atoms with E-state index in [2.05, 4.69) is 40.5 Å². The molecule has 2 aromatic rings. The zero-order valence-electron chi connectivity index (χ0n) is 13.9. The molecule has 4 rings (SSSR count). The molecule has 0 bridgehead atoms. The summed E-state index contributed by atoms with van der Waals surface area (Å²) in [5.41, 5.74) is 3.30. The Kier molecular flexibility index (Phi) is 4.34. The highest BCUT2D eigenvalue weighted by Crippen LogP contribution is 2.44. The molecule has 0 radical (unpaired) electrons. The number of anilines is 2. The highest BCUT2D eigenvalue weighted by Gasteiger charge is 2.35. The van der Waals surface area contributed by atoms with Gasteiger partial charge in [-0.2, -0.15) is 0 Å². The fraction of sp³-hybridized carbons (Fsp3) is 0.368. The molecule has 0 aliphatic carbocycles. The minimum absolute atomic E-state index is 0.237. The number of epoxide rings is 1. The van der Waals surface area contributed by atoms with E-state index in [0.717, 1.165) is 37.3 Å². The highest BCUT2D eigenvalue weighted by atomic mass is 31.1. The Labute approximate surface area is 143 Å². The van der Waals surface area contributed by atoms with Gasteiger partial charge >= 0.3 is 0 Å². The summed E-state index contributed by atoms with van der Waals surface area (Å²) in [4.78, 5) is 0. The third kappa shape index (κ3) is 3.09. The van der Waals surface area contributed by atoms with Crippen molar-refractivity contribution in [2.45, 2.75) is 32.0 Å². The van der Waals surface area contributed by atoms with Crippen LogP contribution in [0.15, 0.2) is 54.6 Å². The summed E-state index contributed by atoms with van der Waals surface area (Å²) in [7, 11) is -2.05. The predicted octanol–water partition coefficient (Wildman–Crippen LogP) is 4.64. The summed E-state index contributed by atoms with van der Waals surface area (Å²) in [5, 5.41) is 0. The Morgan fingerprint density at radius 3 is 2.00 bits per heavy atom. The van der Waals surface area contributed by atoms with Crippen LogP contribution < -0.4 is 9.34 Å². The van der Waals surface area contributed by atoms with Crippen LogP contribution >= 0.6 is 8.10 Å². The number of hydrogen-bond donors (Lipinski definition) is 0. The molecule has 3 atom stereocenters. The van der Waals surface area contributed by atoms with Crippen LogP contribution in [0.25, 0.3) is 0 Å². The van der Waals surface area contributed by atoms with Gasteiger partial charge in [0.25, 0.3) is 8.10 Å². The fourth-order valence-corrected chi connectivity index (χ4v) is 5.07. The van der Waals surface area contributed by atoms with E-state index < -0.39 is 8.10 Å². The molecular weight excluding hydrogens is 319 g/mol. The van der Waals surface area contributed by atoms with Gasteiger partial charge < -0.3 is 14.1 Å². The highest BCUT2D eigenvalue weighted by molar-refractivity contribution is 7.48. The van der Waals surface area contributed by atoms with E-state index in [9.17, 15) is 4.57 Å². The first-order chi connectivity index (χ1) is 11.7. The molecule has 4 nitrogen and oxygen atoms in total. The first-order valence-electron chi connectivity index (χ1n) is 8.63. The van der Waals surface area contributed by atoms with Gasteiger partial charge in [-0.15, -0.1) is 0 Å². The van der Waals surface area contributed by atoms with Gasteiger partial charge in [-0.3, -0.25) is 4.57 Å². The maximum atomic E-state index is 13.2. The van der Waals surface area contributed by atoms with Crippen molar-refractivity contribution in [1.29, 1.82) is 0 Å². The lowest BCUT2D eigenvalue weighted by Gasteiger charge is -2.29. The summed E-state index contributed by atoms with van der Waals surface area (Å²) in [5.74, 6) is 0. The summed E-state index contributed by atoms with van der Waals surface area (Å²) < 4.78 is 22.9. The molecule has 0 aromatic heterocycles. The molecule has 0 saturated carbocycles. The van der Waals surface area contributed by atoms with Gasteiger partial charge in [-0.25, -0.2) is 0 Å². The van der Waals surface area contributed by atoms with Crippen LogP contribution in [0.2, 0.25) is 0 Å². The van der Waals surface area contributed by atoms with Crippen molar-refractivity contribution in [3.8, 4) is 0 Å². The van der Waals surface area contributed by atoms with Crippen LogP contribution in [-0.2, 0) is 9.30 Å². The zero-order chi connectivity index (χ0) is 16.5. The second kappa shape index (κ2) is 6.62. The molecule has 24 heavy (non-hydrogen) atoms. The van der Waals surface area contributed by atoms with E-state index in [1.807, 2.05) is 30.3 Å². The molecule has 126 valence electrons. The molecule has 2 aliphatic rings. The van der Waals surface area contributed by atoms with Crippen LogP contribution in [0.5, 0.6) is 0 Å². The lowest BCUT2D eigenvalue weighted by molar-refractivity contribution is 0.383. The Bertz CT molecular complexity index is 720. The number of para-hydroxylation sites is 1. The Morgan fingerprint density at radius 2 is 1.46 bits per heavy atom. The van der Waals surface area contributed by atoms with E-state index in [4.69, 9.17) is 4.74 Å². The van der Waals surface area contributed by atoms with E-state index >= 15 is 0 Å². The molecule has 2 aromatic carbocycles. The summed E-state index contributed by atoms with van der Waals surface area (Å²) in [6.07, 6.45) is 2.68. The third-order valence-electron chi connectivity index (χ3n) is 4.79. The maximum absolute atomic E-state index is 13.2. The minimum atomic E-state index is -2.05. The molecule has 2 fully saturated rings. The number of nitrogens with zero attached hydrogens (tertiary/aromatic N) is 2. The first kappa shape index (κ1) is 15.7. The maximum Gasteiger partial charge on any atom is 0.251 e. The van der Waals surface area contributed by atoms with Gasteiger partial charge in [0, 0.05) is 24.5 Å². The lowest BCUT2D eigenvalue weighted by atomic mass is 10.1. The van der Waals surface area contributed by atoms with E-state index in [1.165, 1.54) is 5.56 Å². The standard InChI is InChI=1S/C19H23N2O2P/c1-15-19(23-15)16-9-11-18(12-10-16)21-14-6-5-13-20(24(21)22)17-7-3-2-4-8-17/h2-4,7-12,15,19,24H,5-6,13-14H2,1H3/t15-,19-/m1/s1. The molecule has 2 heterocycles. The van der Waals surface area contributed by atoms with Gasteiger partial charge in [0.1, 0.15) is 6.10 Å². The molecule has 2 aliphatic heterocycles. The summed E-state index contributed by atoms with van der Waals surface area (Å²) in [6.45, 7) is 3.78. The van der Waals surface area contributed by atoms with Crippen molar-refractivity contribution in [3.05, 3.63) is 60.2 Å². The molecule has 5 heteroatoms. The van der Waals surface area contributed by atoms with Crippen molar-refractivity contribution >= 4 is 19.5 Å². The summed E-state index contributed by atoms with van der Waals surface area (Å²) in [6, 6.07) is 18.5. The van der Waals surface area contributed by atoms with Gasteiger partial charge in [0.15, 0.2) is 0 Å². The van der Waals surface area contributed by atoms with Crippen LogP contribution in [0.3, 0.4) is 0 Å². The minimum Gasteiger partial charge on any atom is -0.365 e.